The zero-order valence-corrected chi connectivity index (χ0v) is 11.5. The van der Waals surface area contributed by atoms with Crippen LogP contribution in [0.5, 0.6) is 0 Å². The van der Waals surface area contributed by atoms with Crippen molar-refractivity contribution in [1.82, 2.24) is 4.90 Å². The van der Waals surface area contributed by atoms with E-state index in [0.29, 0.717) is 30.8 Å². The standard InChI is InChI=1S/C13H23N3O2/c1-9-6-10(2)8-13(7-9)11(14)15-12(17)16(13)4-5-18-3/h9-10H,4-8H2,1-3H3,(H2,14,15,17). The molecular formula is C13H23N3O2. The van der Waals surface area contributed by atoms with Crippen LogP contribution >= 0.6 is 0 Å². The van der Waals surface area contributed by atoms with Crippen molar-refractivity contribution >= 4 is 11.9 Å². The quantitative estimate of drug-likeness (QED) is 0.831. The number of amidine groups is 1. The number of aliphatic imine (C=N–C) groups is 1. The van der Waals surface area contributed by atoms with E-state index in [1.165, 1.54) is 6.42 Å². The lowest BCUT2D eigenvalue weighted by atomic mass is 9.70. The van der Waals surface area contributed by atoms with Gasteiger partial charge in [0, 0.05) is 13.7 Å². The maximum Gasteiger partial charge on any atom is 0.346 e. The van der Waals surface area contributed by atoms with Gasteiger partial charge in [0.15, 0.2) is 0 Å². The van der Waals surface area contributed by atoms with Crippen LogP contribution in [0.4, 0.5) is 4.79 Å². The smallest absolute Gasteiger partial charge is 0.346 e. The van der Waals surface area contributed by atoms with Crippen LogP contribution in [0.15, 0.2) is 4.99 Å². The molecule has 1 spiro atoms. The fourth-order valence-electron chi connectivity index (χ4n) is 3.60. The summed E-state index contributed by atoms with van der Waals surface area (Å²) in [5.41, 5.74) is 5.71. The van der Waals surface area contributed by atoms with Crippen LogP contribution in [0.2, 0.25) is 0 Å². The molecule has 1 aliphatic carbocycles. The first kappa shape index (κ1) is 13.3. The van der Waals surface area contributed by atoms with Gasteiger partial charge in [-0.15, -0.1) is 0 Å². The summed E-state index contributed by atoms with van der Waals surface area (Å²) in [6.07, 6.45) is 3.03. The minimum absolute atomic E-state index is 0.203. The average Bonchev–Trinajstić information content (AvgIpc) is 2.47. The first-order valence-corrected chi connectivity index (χ1v) is 6.65. The van der Waals surface area contributed by atoms with Crippen LogP contribution in [-0.4, -0.2) is 42.6 Å². The Hall–Kier alpha value is -1.10. The molecule has 1 aliphatic heterocycles. The SMILES string of the molecule is COCCN1C(=O)N=C(N)C12CC(C)CC(C)C2. The summed E-state index contributed by atoms with van der Waals surface area (Å²) in [5.74, 6) is 1.64. The molecule has 2 atom stereocenters. The number of nitrogens with two attached hydrogens (primary N) is 1. The van der Waals surface area contributed by atoms with Crippen molar-refractivity contribution in [3.63, 3.8) is 0 Å². The van der Waals surface area contributed by atoms with Gasteiger partial charge in [-0.1, -0.05) is 13.8 Å². The highest BCUT2D eigenvalue weighted by molar-refractivity contribution is 6.05. The van der Waals surface area contributed by atoms with Crippen molar-refractivity contribution < 1.29 is 9.53 Å². The van der Waals surface area contributed by atoms with Gasteiger partial charge in [0.1, 0.15) is 11.4 Å². The first-order chi connectivity index (χ1) is 8.49. The summed E-state index contributed by atoms with van der Waals surface area (Å²) < 4.78 is 5.09. The van der Waals surface area contributed by atoms with Crippen LogP contribution in [0, 0.1) is 11.8 Å². The molecule has 0 aromatic carbocycles. The number of carbonyl (C=O) groups excluding carboxylic acids is 1. The third-order valence-electron chi connectivity index (χ3n) is 4.14. The molecule has 0 aromatic heterocycles. The summed E-state index contributed by atoms with van der Waals surface area (Å²) in [6, 6.07) is -0.203. The van der Waals surface area contributed by atoms with Gasteiger partial charge >= 0.3 is 6.03 Å². The van der Waals surface area contributed by atoms with E-state index >= 15 is 0 Å². The Bertz CT molecular complexity index is 357. The molecule has 2 rings (SSSR count). The van der Waals surface area contributed by atoms with Gasteiger partial charge in [-0.3, -0.25) is 0 Å². The summed E-state index contributed by atoms with van der Waals surface area (Å²) in [5, 5.41) is 0. The van der Waals surface area contributed by atoms with Crippen LogP contribution in [0.1, 0.15) is 33.1 Å². The topological polar surface area (TPSA) is 67.9 Å². The summed E-state index contributed by atoms with van der Waals surface area (Å²) in [6.45, 7) is 5.54. The highest BCUT2D eigenvalue weighted by atomic mass is 16.5. The number of amides is 2. The zero-order valence-electron chi connectivity index (χ0n) is 11.5. The Morgan fingerprint density at radius 1 is 1.44 bits per heavy atom. The minimum atomic E-state index is -0.354. The molecule has 0 radical (unpaired) electrons. The maximum absolute atomic E-state index is 12.0. The third-order valence-corrected chi connectivity index (χ3v) is 4.14. The summed E-state index contributed by atoms with van der Waals surface area (Å²) in [4.78, 5) is 17.8. The molecular weight excluding hydrogens is 230 g/mol. The van der Waals surface area contributed by atoms with E-state index in [-0.39, 0.29) is 11.6 Å². The fourth-order valence-corrected chi connectivity index (χ4v) is 3.60. The first-order valence-electron chi connectivity index (χ1n) is 6.65. The predicted octanol–water partition coefficient (Wildman–Crippen LogP) is 1.62. The molecule has 2 N–H and O–H groups in total. The van der Waals surface area contributed by atoms with Crippen LogP contribution < -0.4 is 5.73 Å². The van der Waals surface area contributed by atoms with Gasteiger partial charge in [0.2, 0.25) is 0 Å². The van der Waals surface area contributed by atoms with E-state index in [2.05, 4.69) is 18.8 Å². The van der Waals surface area contributed by atoms with E-state index in [1.807, 2.05) is 4.90 Å². The van der Waals surface area contributed by atoms with Gasteiger partial charge in [-0.25, -0.2) is 4.79 Å². The fraction of sp³-hybridized carbons (Fsp3) is 0.846. The Labute approximate surface area is 108 Å². The molecule has 2 unspecified atom stereocenters. The van der Waals surface area contributed by atoms with E-state index < -0.39 is 0 Å². The largest absolute Gasteiger partial charge is 0.385 e. The summed E-state index contributed by atoms with van der Waals surface area (Å²) >= 11 is 0. The molecule has 5 heteroatoms. The van der Waals surface area contributed by atoms with Gasteiger partial charge in [-0.2, -0.15) is 4.99 Å². The molecule has 18 heavy (non-hydrogen) atoms. The lowest BCUT2D eigenvalue weighted by molar-refractivity contribution is 0.0770. The van der Waals surface area contributed by atoms with E-state index in [9.17, 15) is 4.79 Å². The number of urea groups is 1. The Morgan fingerprint density at radius 2 is 2.06 bits per heavy atom. The van der Waals surface area contributed by atoms with Gasteiger partial charge in [0.05, 0.1) is 6.61 Å². The maximum atomic E-state index is 12.0. The van der Waals surface area contributed by atoms with Gasteiger partial charge in [-0.05, 0) is 31.1 Å². The van der Waals surface area contributed by atoms with Gasteiger partial charge in [0.25, 0.3) is 0 Å². The minimum Gasteiger partial charge on any atom is -0.385 e. The lowest BCUT2D eigenvalue weighted by Gasteiger charge is -2.45. The lowest BCUT2D eigenvalue weighted by Crippen LogP contribution is -2.58. The zero-order chi connectivity index (χ0) is 13.3. The van der Waals surface area contributed by atoms with Crippen LogP contribution in [-0.2, 0) is 4.74 Å². The van der Waals surface area contributed by atoms with Crippen molar-refractivity contribution in [2.24, 2.45) is 22.6 Å². The van der Waals surface area contributed by atoms with Crippen molar-refractivity contribution in [2.75, 3.05) is 20.3 Å². The Balaban J connectivity index is 2.25. The monoisotopic (exact) mass is 253 g/mol. The average molecular weight is 253 g/mol. The highest BCUT2D eigenvalue weighted by Crippen LogP contribution is 2.42. The third kappa shape index (κ3) is 2.11. The molecule has 1 saturated carbocycles. The van der Waals surface area contributed by atoms with Crippen molar-refractivity contribution in [1.29, 1.82) is 0 Å². The van der Waals surface area contributed by atoms with E-state index in [0.717, 1.165) is 12.8 Å². The number of hydrogen-bond donors (Lipinski definition) is 1. The molecule has 1 fully saturated rings. The number of rotatable bonds is 3. The molecule has 1 heterocycles. The number of nitrogens with zero attached hydrogens (tertiary/aromatic N) is 2. The van der Waals surface area contributed by atoms with Crippen molar-refractivity contribution in [3.05, 3.63) is 0 Å². The van der Waals surface area contributed by atoms with E-state index in [4.69, 9.17) is 10.5 Å². The number of carbonyl (C=O) groups is 1. The molecule has 5 nitrogen and oxygen atoms in total. The van der Waals surface area contributed by atoms with Crippen molar-refractivity contribution in [3.8, 4) is 0 Å². The Kier molecular flexibility index (Phi) is 3.61. The number of methoxy groups -OCH3 is 1. The normalized spacial score (nSPS) is 36.3. The highest BCUT2D eigenvalue weighted by Gasteiger charge is 2.51. The van der Waals surface area contributed by atoms with Crippen molar-refractivity contribution in [2.45, 2.75) is 38.6 Å². The molecule has 2 amide bonds. The second-order valence-electron chi connectivity index (χ2n) is 5.81. The van der Waals surface area contributed by atoms with E-state index in [1.54, 1.807) is 7.11 Å². The summed E-state index contributed by atoms with van der Waals surface area (Å²) in [7, 11) is 1.64. The Morgan fingerprint density at radius 3 is 2.61 bits per heavy atom. The second-order valence-corrected chi connectivity index (χ2v) is 5.81. The van der Waals surface area contributed by atoms with Crippen LogP contribution in [0.3, 0.4) is 0 Å². The molecule has 0 aromatic rings. The number of hydrogen-bond acceptors (Lipinski definition) is 3. The molecule has 0 bridgehead atoms. The number of ether oxygens (including phenoxy) is 1. The van der Waals surface area contributed by atoms with Gasteiger partial charge < -0.3 is 15.4 Å². The molecule has 102 valence electrons. The second kappa shape index (κ2) is 4.88. The molecule has 0 saturated heterocycles. The van der Waals surface area contributed by atoms with Crippen LogP contribution in [0.25, 0.3) is 0 Å². The predicted molar refractivity (Wildman–Crippen MR) is 70.5 cm³/mol. The molecule has 2 aliphatic rings.